The highest BCUT2D eigenvalue weighted by molar-refractivity contribution is 7.67. The molecule has 8 rings (SSSR count). The van der Waals surface area contributed by atoms with E-state index in [9.17, 15) is 0 Å². The van der Waals surface area contributed by atoms with E-state index in [1.807, 2.05) is 13.8 Å². The van der Waals surface area contributed by atoms with E-state index in [-0.39, 0.29) is 0 Å². The van der Waals surface area contributed by atoms with Crippen molar-refractivity contribution in [3.8, 4) is 0 Å². The van der Waals surface area contributed by atoms with Gasteiger partial charge in [0.25, 0.3) is 8.53 Å². The summed E-state index contributed by atoms with van der Waals surface area (Å²) >= 11 is 0. The molecule has 3 heterocycles. The Morgan fingerprint density at radius 2 is 0.906 bits per heavy atom. The maximum Gasteiger partial charge on any atom is 0.297 e. The van der Waals surface area contributed by atoms with Crippen molar-refractivity contribution < 1.29 is 18.5 Å². The number of rotatable bonds is 8. The summed E-state index contributed by atoms with van der Waals surface area (Å²) in [5.74, 6) is -0.947. The molecule has 2 aliphatic rings. The molecule has 0 spiro atoms. The number of fused-ring (bicyclic) bond motifs is 2. The summed E-state index contributed by atoms with van der Waals surface area (Å²) in [6.45, 7) is 15.7. The molecule has 2 fully saturated rings. The third-order valence-electron chi connectivity index (χ3n) is 10.7. The predicted molar refractivity (Wildman–Crippen MR) is 219 cm³/mol. The van der Waals surface area contributed by atoms with E-state index in [4.69, 9.17) is 18.5 Å². The lowest BCUT2D eigenvalue weighted by Crippen LogP contribution is -2.53. The highest BCUT2D eigenvalue weighted by Crippen LogP contribution is 2.66. The summed E-state index contributed by atoms with van der Waals surface area (Å²) in [5, 5.41) is 1.22. The summed E-state index contributed by atoms with van der Waals surface area (Å²) in [6, 6.07) is 51.0. The number of hydrogen-bond acceptors (Lipinski definition) is 4. The van der Waals surface area contributed by atoms with Crippen molar-refractivity contribution in [3.05, 3.63) is 173 Å². The lowest BCUT2D eigenvalue weighted by Gasteiger charge is -2.41. The average molecular weight is 742 g/mol. The predicted octanol–water partition coefficient (Wildman–Crippen LogP) is 11.4. The lowest BCUT2D eigenvalue weighted by atomic mass is 9.72. The summed E-state index contributed by atoms with van der Waals surface area (Å²) in [5.41, 5.74) is 6.26. The molecule has 6 aromatic rings. The van der Waals surface area contributed by atoms with Crippen LogP contribution in [0.25, 0.3) is 10.9 Å². The van der Waals surface area contributed by atoms with E-state index >= 15 is 0 Å². The molecule has 7 heteroatoms. The molecule has 0 bridgehead atoms. The van der Waals surface area contributed by atoms with Crippen molar-refractivity contribution in [2.24, 2.45) is 0 Å². The van der Waals surface area contributed by atoms with Crippen LogP contribution in [0.3, 0.4) is 0 Å². The molecule has 0 N–H and O–H groups in total. The lowest BCUT2D eigenvalue weighted by molar-refractivity contribution is -0.174. The van der Waals surface area contributed by atoms with Gasteiger partial charge in [0.2, 0.25) is 0 Å². The number of hydrogen-bond donors (Lipinski definition) is 0. The molecular formula is C46H49NO4P2. The second-order valence-corrected chi connectivity index (χ2v) is 19.7. The fourth-order valence-electron chi connectivity index (χ4n) is 8.67. The van der Waals surface area contributed by atoms with Gasteiger partial charge < -0.3 is 9.47 Å². The minimum atomic E-state index is -1.93. The van der Waals surface area contributed by atoms with Crippen LogP contribution in [0.5, 0.6) is 0 Å². The van der Waals surface area contributed by atoms with Crippen LogP contribution >= 0.6 is 16.4 Å². The average Bonchev–Trinajstić information content (AvgIpc) is 3.62. The summed E-state index contributed by atoms with van der Waals surface area (Å²) in [4.78, 5) is 0. The minimum Gasteiger partial charge on any atom is -0.341 e. The van der Waals surface area contributed by atoms with E-state index in [0.717, 1.165) is 27.8 Å². The van der Waals surface area contributed by atoms with Crippen LogP contribution < -0.4 is 5.44 Å². The normalized spacial score (nSPS) is 20.9. The molecule has 0 radical (unpaired) electrons. The summed E-state index contributed by atoms with van der Waals surface area (Å²) < 4.78 is 33.1. The van der Waals surface area contributed by atoms with Crippen molar-refractivity contribution in [2.45, 2.75) is 89.0 Å². The Hall–Kier alpha value is -3.66. The van der Waals surface area contributed by atoms with Gasteiger partial charge in [-0.25, -0.2) is 0 Å². The highest BCUT2D eigenvalue weighted by Gasteiger charge is 2.67. The monoisotopic (exact) mass is 741 g/mol. The molecule has 2 saturated heterocycles. The van der Waals surface area contributed by atoms with Gasteiger partial charge in [-0.3, -0.25) is 13.4 Å². The SMILES string of the molecule is Cc1c(P(C(C)C)C(C)C)n(P2OC(c3ccccc3)(c3ccccc3)[C@H]3OC(C)(C)O[C@@H]3C(c3ccccc3)(c3ccccc3)O2)c2ccccc12. The van der Waals surface area contributed by atoms with Gasteiger partial charge in [0.1, 0.15) is 12.2 Å². The number of nitrogens with zero attached hydrogens (tertiary/aromatic N) is 1. The Morgan fingerprint density at radius 1 is 0.547 bits per heavy atom. The van der Waals surface area contributed by atoms with E-state index in [1.54, 1.807) is 0 Å². The zero-order valence-electron chi connectivity index (χ0n) is 31.6. The summed E-state index contributed by atoms with van der Waals surface area (Å²) in [6.07, 6.45) is -1.25. The van der Waals surface area contributed by atoms with Crippen LogP contribution in [-0.2, 0) is 29.7 Å². The fraction of sp³-hybridized carbons (Fsp3) is 0.304. The molecule has 0 saturated carbocycles. The minimum absolute atomic E-state index is 0.432. The van der Waals surface area contributed by atoms with Gasteiger partial charge in [0.05, 0.1) is 11.0 Å². The molecule has 0 amide bonds. The zero-order valence-corrected chi connectivity index (χ0v) is 33.4. The van der Waals surface area contributed by atoms with Gasteiger partial charge in [-0.05, 0) is 66.0 Å². The number of aromatic nitrogens is 1. The van der Waals surface area contributed by atoms with E-state index in [1.165, 1.54) is 16.4 Å². The van der Waals surface area contributed by atoms with Crippen molar-refractivity contribution in [2.75, 3.05) is 0 Å². The second-order valence-electron chi connectivity index (χ2n) is 15.2. The molecule has 2 aliphatic heterocycles. The first-order valence-electron chi connectivity index (χ1n) is 18.7. The van der Waals surface area contributed by atoms with Crippen LogP contribution in [0.4, 0.5) is 0 Å². The first kappa shape index (κ1) is 36.3. The molecule has 0 unspecified atom stereocenters. The van der Waals surface area contributed by atoms with Crippen molar-refractivity contribution in [1.82, 2.24) is 4.34 Å². The van der Waals surface area contributed by atoms with Gasteiger partial charge in [0, 0.05) is 5.39 Å². The topological polar surface area (TPSA) is 41.9 Å². The Morgan fingerprint density at radius 3 is 1.28 bits per heavy atom. The summed E-state index contributed by atoms with van der Waals surface area (Å²) in [7, 11) is -2.57. The third kappa shape index (κ3) is 6.02. The maximum atomic E-state index is 8.05. The van der Waals surface area contributed by atoms with Crippen LogP contribution in [0, 0.1) is 6.92 Å². The van der Waals surface area contributed by atoms with Gasteiger partial charge in [-0.15, -0.1) is 0 Å². The molecule has 0 aliphatic carbocycles. The number of ether oxygens (including phenoxy) is 2. The largest absolute Gasteiger partial charge is 0.341 e. The van der Waals surface area contributed by atoms with Gasteiger partial charge >= 0.3 is 0 Å². The van der Waals surface area contributed by atoms with Gasteiger partial charge in [0.15, 0.2) is 17.0 Å². The van der Waals surface area contributed by atoms with Crippen molar-refractivity contribution >= 4 is 32.8 Å². The molecule has 272 valence electrons. The molecule has 53 heavy (non-hydrogen) atoms. The quantitative estimate of drug-likeness (QED) is 0.146. The molecule has 1 aromatic heterocycles. The Kier molecular flexibility index (Phi) is 9.73. The Labute approximate surface area is 317 Å². The van der Waals surface area contributed by atoms with E-state index < -0.39 is 45.6 Å². The van der Waals surface area contributed by atoms with Crippen LogP contribution in [-0.4, -0.2) is 33.7 Å². The highest BCUT2D eigenvalue weighted by atomic mass is 31.2. The van der Waals surface area contributed by atoms with Crippen LogP contribution in [0.15, 0.2) is 146 Å². The Balaban J connectivity index is 1.54. The first-order chi connectivity index (χ1) is 25.6. The van der Waals surface area contributed by atoms with Crippen LogP contribution in [0.2, 0.25) is 0 Å². The maximum absolute atomic E-state index is 8.05. The molecule has 5 aromatic carbocycles. The van der Waals surface area contributed by atoms with Gasteiger partial charge in [-0.1, -0.05) is 175 Å². The van der Waals surface area contributed by atoms with Crippen LogP contribution in [0.1, 0.15) is 69.4 Å². The molecule has 2 atom stereocenters. The second kappa shape index (κ2) is 14.2. The Bertz CT molecular complexity index is 1980. The fourth-order valence-corrected chi connectivity index (χ4v) is 14.2. The van der Waals surface area contributed by atoms with E-state index in [2.05, 4.69) is 185 Å². The smallest absolute Gasteiger partial charge is 0.297 e. The van der Waals surface area contributed by atoms with Crippen molar-refractivity contribution in [1.29, 1.82) is 0 Å². The number of aryl methyl sites for hydroxylation is 1. The number of para-hydroxylation sites is 1. The standard InChI is InChI=1S/C46H49NO4P2/c1-32(2)52(33(3)4)43-34(5)39-30-20-21-31-40(39)47(43)53-50-45(35-22-12-8-13-23-35,36-24-14-9-15-25-36)41-42(49-44(6,7)48-41)46(51-53,37-26-16-10-17-27-37)38-28-18-11-19-29-38/h8-33,41-42H,1-7H3/t41-,42-/m0/s1. The van der Waals surface area contributed by atoms with E-state index in [0.29, 0.717) is 11.3 Å². The third-order valence-corrected chi connectivity index (χ3v) is 15.8. The first-order valence-corrected chi connectivity index (χ1v) is 21.3. The molecule has 5 nitrogen and oxygen atoms in total. The van der Waals surface area contributed by atoms with Crippen molar-refractivity contribution in [3.63, 3.8) is 0 Å². The molecular weight excluding hydrogens is 692 g/mol. The van der Waals surface area contributed by atoms with Gasteiger partial charge in [-0.2, -0.15) is 0 Å². The number of benzene rings is 5. The zero-order chi connectivity index (χ0) is 37.0.